The molecule has 3 N–H and O–H groups in total. The van der Waals surface area contributed by atoms with E-state index >= 15 is 0 Å². The predicted molar refractivity (Wildman–Crippen MR) is 121 cm³/mol. The first-order valence-electron chi connectivity index (χ1n) is 10.5. The number of rotatable bonds is 6. The number of nitrogens with zero attached hydrogens (tertiary/aromatic N) is 5. The fourth-order valence-electron chi connectivity index (χ4n) is 3.67. The summed E-state index contributed by atoms with van der Waals surface area (Å²) in [5.41, 5.74) is 3.00. The molecule has 2 atom stereocenters. The summed E-state index contributed by atoms with van der Waals surface area (Å²) in [6.07, 6.45) is 5.78. The minimum Gasteiger partial charge on any atom is -0.394 e. The van der Waals surface area contributed by atoms with E-state index in [1.807, 2.05) is 6.92 Å². The highest BCUT2D eigenvalue weighted by atomic mass is 35.5. The summed E-state index contributed by atoms with van der Waals surface area (Å²) in [5, 5.41) is 19.5. The highest BCUT2D eigenvalue weighted by molar-refractivity contribution is 6.30. The molecule has 3 heterocycles. The van der Waals surface area contributed by atoms with E-state index in [0.29, 0.717) is 31.0 Å². The van der Waals surface area contributed by atoms with Crippen molar-refractivity contribution in [2.24, 2.45) is 7.05 Å². The van der Waals surface area contributed by atoms with Gasteiger partial charge in [-0.2, -0.15) is 5.10 Å². The summed E-state index contributed by atoms with van der Waals surface area (Å²) in [6.45, 7) is 2.58. The van der Waals surface area contributed by atoms with E-state index in [0.717, 1.165) is 16.8 Å². The largest absolute Gasteiger partial charge is 0.394 e. The number of aliphatic hydroxyl groups excluding tert-OH is 1. The molecule has 3 aromatic rings. The molecule has 2 amide bonds. The van der Waals surface area contributed by atoms with Crippen LogP contribution in [0, 0.1) is 5.82 Å². The molecule has 33 heavy (non-hydrogen) atoms. The average Bonchev–Trinajstić information content (AvgIpc) is 3.24. The van der Waals surface area contributed by atoms with Crippen LogP contribution in [0.3, 0.4) is 0 Å². The fourth-order valence-corrected chi connectivity index (χ4v) is 3.78. The van der Waals surface area contributed by atoms with Crippen molar-refractivity contribution in [1.82, 2.24) is 30.0 Å². The van der Waals surface area contributed by atoms with Crippen LogP contribution in [0.25, 0.3) is 0 Å². The number of hydrogen-bond donors (Lipinski definition) is 3. The van der Waals surface area contributed by atoms with Crippen molar-refractivity contribution in [2.75, 3.05) is 18.5 Å². The topological polar surface area (TPSA) is 108 Å². The lowest BCUT2D eigenvalue weighted by Gasteiger charge is -2.30. The lowest BCUT2D eigenvalue weighted by Crippen LogP contribution is -2.44. The van der Waals surface area contributed by atoms with E-state index in [4.69, 9.17) is 11.6 Å². The SMILES string of the molecule is CC(CO)Nc1ncc2c(n1)CN(C(=O)NC(c1ccc(Cl)c(F)c1)c1cnn(C)c1)CC2. The molecule has 0 bridgehead atoms. The Morgan fingerprint density at radius 1 is 1.33 bits per heavy atom. The van der Waals surface area contributed by atoms with Crippen molar-refractivity contribution in [3.05, 3.63) is 70.0 Å². The van der Waals surface area contributed by atoms with Gasteiger partial charge in [-0.3, -0.25) is 4.68 Å². The third-order valence-corrected chi connectivity index (χ3v) is 5.79. The number of carbonyl (C=O) groups is 1. The second-order valence-corrected chi connectivity index (χ2v) is 8.48. The molecule has 0 saturated heterocycles. The summed E-state index contributed by atoms with van der Waals surface area (Å²) >= 11 is 5.85. The van der Waals surface area contributed by atoms with Gasteiger partial charge in [0, 0.05) is 37.6 Å². The number of carbonyl (C=O) groups excluding carboxylic acids is 1. The molecule has 2 unspecified atom stereocenters. The van der Waals surface area contributed by atoms with Crippen molar-refractivity contribution >= 4 is 23.6 Å². The Kier molecular flexibility index (Phi) is 6.75. The highest BCUT2D eigenvalue weighted by Gasteiger charge is 2.26. The van der Waals surface area contributed by atoms with Crippen LogP contribution in [0.2, 0.25) is 5.02 Å². The molecule has 0 spiro atoms. The molecular formula is C22H25ClFN7O2. The van der Waals surface area contributed by atoms with Crippen LogP contribution >= 0.6 is 11.6 Å². The third kappa shape index (κ3) is 5.23. The molecule has 4 rings (SSSR count). The smallest absolute Gasteiger partial charge is 0.318 e. The van der Waals surface area contributed by atoms with Gasteiger partial charge in [0.2, 0.25) is 5.95 Å². The van der Waals surface area contributed by atoms with Crippen molar-refractivity contribution in [2.45, 2.75) is 32.0 Å². The first kappa shape index (κ1) is 22.9. The third-order valence-electron chi connectivity index (χ3n) is 5.49. The number of aliphatic hydroxyl groups is 1. The maximum absolute atomic E-state index is 14.2. The molecule has 11 heteroatoms. The molecule has 9 nitrogen and oxygen atoms in total. The Labute approximate surface area is 195 Å². The summed E-state index contributed by atoms with van der Waals surface area (Å²) < 4.78 is 15.8. The van der Waals surface area contributed by atoms with E-state index in [1.165, 1.54) is 12.1 Å². The summed E-state index contributed by atoms with van der Waals surface area (Å²) in [6, 6.07) is 3.37. The molecule has 1 aromatic carbocycles. The number of hydrogen-bond acceptors (Lipinski definition) is 6. The average molecular weight is 474 g/mol. The van der Waals surface area contributed by atoms with E-state index in [9.17, 15) is 14.3 Å². The maximum atomic E-state index is 14.2. The number of amides is 2. The number of halogens is 2. The quantitative estimate of drug-likeness (QED) is 0.508. The van der Waals surface area contributed by atoms with Gasteiger partial charge >= 0.3 is 6.03 Å². The van der Waals surface area contributed by atoms with Gasteiger partial charge in [-0.05, 0) is 36.6 Å². The molecule has 0 saturated carbocycles. The number of fused-ring (bicyclic) bond motifs is 1. The summed E-state index contributed by atoms with van der Waals surface area (Å²) in [7, 11) is 1.77. The van der Waals surface area contributed by atoms with Crippen molar-refractivity contribution in [1.29, 1.82) is 0 Å². The van der Waals surface area contributed by atoms with Gasteiger partial charge in [-0.25, -0.2) is 19.2 Å². The van der Waals surface area contributed by atoms with E-state index in [1.54, 1.807) is 41.3 Å². The van der Waals surface area contributed by atoms with Crippen LogP contribution in [-0.2, 0) is 20.0 Å². The van der Waals surface area contributed by atoms with Crippen LogP contribution in [0.4, 0.5) is 15.1 Å². The van der Waals surface area contributed by atoms with Crippen LogP contribution in [0.15, 0.2) is 36.8 Å². The number of benzene rings is 1. The molecule has 1 aliphatic rings. The van der Waals surface area contributed by atoms with Crippen LogP contribution in [-0.4, -0.2) is 55.0 Å². The van der Waals surface area contributed by atoms with Gasteiger partial charge in [0.15, 0.2) is 0 Å². The Morgan fingerprint density at radius 3 is 2.85 bits per heavy atom. The zero-order chi connectivity index (χ0) is 23.5. The zero-order valence-corrected chi connectivity index (χ0v) is 19.1. The number of nitrogens with one attached hydrogen (secondary N) is 2. The molecule has 2 aromatic heterocycles. The van der Waals surface area contributed by atoms with Crippen molar-refractivity contribution in [3.8, 4) is 0 Å². The predicted octanol–water partition coefficient (Wildman–Crippen LogP) is 2.65. The van der Waals surface area contributed by atoms with E-state index in [2.05, 4.69) is 25.7 Å². The molecule has 0 radical (unpaired) electrons. The molecule has 174 valence electrons. The minimum atomic E-state index is -0.604. The molecule has 0 aliphatic carbocycles. The Balaban J connectivity index is 1.54. The second-order valence-electron chi connectivity index (χ2n) is 8.07. The number of anilines is 1. The molecule has 1 aliphatic heterocycles. The van der Waals surface area contributed by atoms with Crippen molar-refractivity contribution < 1.29 is 14.3 Å². The first-order valence-corrected chi connectivity index (χ1v) is 10.9. The summed E-state index contributed by atoms with van der Waals surface area (Å²) in [4.78, 5) is 23.7. The van der Waals surface area contributed by atoms with Gasteiger partial charge in [0.1, 0.15) is 5.82 Å². The van der Waals surface area contributed by atoms with Gasteiger partial charge in [0.25, 0.3) is 0 Å². The van der Waals surface area contributed by atoms with E-state index < -0.39 is 11.9 Å². The van der Waals surface area contributed by atoms with Gasteiger partial charge in [-0.1, -0.05) is 17.7 Å². The first-order chi connectivity index (χ1) is 15.8. The van der Waals surface area contributed by atoms with Gasteiger partial charge in [0.05, 0.1) is 36.1 Å². The Bertz CT molecular complexity index is 1160. The Hall–Kier alpha value is -3.24. The fraction of sp³-hybridized carbons (Fsp3) is 0.364. The lowest BCUT2D eigenvalue weighted by atomic mass is 10.0. The molecular weight excluding hydrogens is 449 g/mol. The maximum Gasteiger partial charge on any atom is 0.318 e. The standard InChI is InChI=1S/C22H25ClFN7O2/c1-13(12-32)27-21-25-8-15-5-6-31(11-19(15)28-21)22(33)29-20(16-9-26-30(2)10-16)14-3-4-17(23)18(24)7-14/h3-4,7-10,13,20,32H,5-6,11-12H2,1-2H3,(H,29,33)(H,25,27,28). The van der Waals surface area contributed by atoms with Crippen LogP contribution < -0.4 is 10.6 Å². The number of aryl methyl sites for hydroxylation is 1. The van der Waals surface area contributed by atoms with Gasteiger partial charge in [-0.15, -0.1) is 0 Å². The van der Waals surface area contributed by atoms with E-state index in [-0.39, 0.29) is 23.7 Å². The Morgan fingerprint density at radius 2 is 2.15 bits per heavy atom. The minimum absolute atomic E-state index is 0.0160. The van der Waals surface area contributed by atoms with Crippen molar-refractivity contribution in [3.63, 3.8) is 0 Å². The second kappa shape index (κ2) is 9.72. The normalized spacial score (nSPS) is 15.0. The lowest BCUT2D eigenvalue weighted by molar-refractivity contribution is 0.189. The highest BCUT2D eigenvalue weighted by Crippen LogP contribution is 2.26. The number of urea groups is 1. The van der Waals surface area contributed by atoms with Gasteiger partial charge < -0.3 is 20.6 Å². The molecule has 0 fully saturated rings. The summed E-state index contributed by atoms with van der Waals surface area (Å²) in [5.74, 6) is -0.152. The zero-order valence-electron chi connectivity index (χ0n) is 18.3. The number of aromatic nitrogens is 4. The monoisotopic (exact) mass is 473 g/mol. The van der Waals surface area contributed by atoms with Crippen LogP contribution in [0.5, 0.6) is 0 Å². The van der Waals surface area contributed by atoms with Crippen LogP contribution in [0.1, 0.15) is 35.3 Å².